The van der Waals surface area contributed by atoms with E-state index < -0.39 is 5.41 Å². The Balaban J connectivity index is 1.07. The minimum Gasteiger partial charge on any atom is -0.460 e. The van der Waals surface area contributed by atoms with Crippen LogP contribution in [0.1, 0.15) is 101 Å². The first-order valence-corrected chi connectivity index (χ1v) is 24.5. The Hall–Kier alpha value is -7.76. The van der Waals surface area contributed by atoms with Crippen molar-refractivity contribution >= 4 is 78.6 Å². The fourth-order valence-electron chi connectivity index (χ4n) is 12.8. The number of hydrogen-bond acceptors (Lipinski definition) is 5. The molecule has 6 aliphatic carbocycles. The lowest BCUT2D eigenvalue weighted by atomic mass is 9.67. The van der Waals surface area contributed by atoms with Gasteiger partial charge < -0.3 is 13.3 Å². The van der Waals surface area contributed by atoms with E-state index in [1.54, 1.807) is 0 Å². The van der Waals surface area contributed by atoms with Gasteiger partial charge in [0.2, 0.25) is 0 Å². The summed E-state index contributed by atoms with van der Waals surface area (Å²) in [6.45, 7) is 0. The van der Waals surface area contributed by atoms with E-state index >= 15 is 0 Å². The second-order valence-electron chi connectivity index (χ2n) is 19.6. The minimum absolute atomic E-state index is 0.0180. The third-order valence-electron chi connectivity index (χ3n) is 16.0. The minimum atomic E-state index is -0.417. The number of allylic oxidation sites excluding steroid dienone is 11. The SMILES string of the molecule is C1=CCC(c2nc(C3=C(c4cccc5c6c(oc45)CCC=C6)C=C(c4cccc5c6c(oc45)CCC=C6)C4CC34C3CC=Cc4c3oc3ccccc43)cc(-c3cccc4ccccc34)n2)C=C1. The van der Waals surface area contributed by atoms with Gasteiger partial charge in [0.1, 0.15) is 39.9 Å². The maximum Gasteiger partial charge on any atom is 0.142 e. The number of hydrogen-bond donors (Lipinski definition) is 0. The molecule has 5 nitrogen and oxygen atoms in total. The number of aromatic nitrogens is 2. The van der Waals surface area contributed by atoms with Gasteiger partial charge in [-0.15, -0.1) is 0 Å². The average molecular weight is 879 g/mol. The third kappa shape index (κ3) is 5.56. The summed E-state index contributed by atoms with van der Waals surface area (Å²) < 4.78 is 21.2. The number of nitrogens with zero attached hydrogens (tertiary/aromatic N) is 2. The lowest BCUT2D eigenvalue weighted by molar-refractivity contribution is 0.398. The van der Waals surface area contributed by atoms with Crippen molar-refractivity contribution in [1.82, 2.24) is 9.97 Å². The molecule has 1 saturated carbocycles. The first kappa shape index (κ1) is 38.4. The van der Waals surface area contributed by atoms with E-state index in [9.17, 15) is 0 Å². The maximum atomic E-state index is 7.13. The highest BCUT2D eigenvalue weighted by Crippen LogP contribution is 2.76. The van der Waals surface area contributed by atoms with Gasteiger partial charge in [-0.3, -0.25) is 0 Å². The number of rotatable bonds is 6. The van der Waals surface area contributed by atoms with Crippen molar-refractivity contribution < 1.29 is 13.3 Å². The van der Waals surface area contributed by atoms with Gasteiger partial charge in [-0.05, 0) is 83.7 Å². The third-order valence-corrected chi connectivity index (χ3v) is 16.0. The molecule has 6 aliphatic rings. The summed E-state index contributed by atoms with van der Waals surface area (Å²) in [7, 11) is 0. The van der Waals surface area contributed by atoms with Crippen LogP contribution < -0.4 is 0 Å². The Kier molecular flexibility index (Phi) is 8.25. The molecule has 326 valence electrons. The first-order valence-electron chi connectivity index (χ1n) is 24.5. The first-order chi connectivity index (χ1) is 33.7. The van der Waals surface area contributed by atoms with E-state index in [1.165, 1.54) is 44.0 Å². The number of furan rings is 3. The van der Waals surface area contributed by atoms with Crippen LogP contribution in [0.15, 0.2) is 171 Å². The number of fused-ring (bicyclic) bond motifs is 11. The topological polar surface area (TPSA) is 65.2 Å². The van der Waals surface area contributed by atoms with Crippen LogP contribution >= 0.6 is 0 Å². The van der Waals surface area contributed by atoms with E-state index in [-0.39, 0.29) is 17.8 Å². The summed E-state index contributed by atoms with van der Waals surface area (Å²) in [5, 5.41) is 5.85. The zero-order valence-electron chi connectivity index (χ0n) is 37.5. The van der Waals surface area contributed by atoms with Crippen LogP contribution in [0, 0.1) is 11.3 Å². The molecule has 4 atom stereocenters. The Morgan fingerprint density at radius 3 is 2.03 bits per heavy atom. The van der Waals surface area contributed by atoms with Crippen LogP contribution in [0.4, 0.5) is 0 Å². The molecule has 0 N–H and O–H groups in total. The fourth-order valence-corrected chi connectivity index (χ4v) is 12.8. The molecule has 4 aromatic heterocycles. The second kappa shape index (κ2) is 14.6. The number of aryl methyl sites for hydroxylation is 2. The van der Waals surface area contributed by atoms with Crippen LogP contribution in [0.3, 0.4) is 0 Å². The van der Waals surface area contributed by atoms with Gasteiger partial charge in [0.05, 0.1) is 11.4 Å². The number of para-hydroxylation sites is 3. The van der Waals surface area contributed by atoms with Crippen LogP contribution in [0.5, 0.6) is 0 Å². The van der Waals surface area contributed by atoms with Crippen molar-refractivity contribution in [2.24, 2.45) is 11.3 Å². The molecule has 0 radical (unpaired) electrons. The maximum absolute atomic E-state index is 7.13. The van der Waals surface area contributed by atoms with Crippen molar-refractivity contribution in [3.05, 3.63) is 214 Å². The van der Waals surface area contributed by atoms with Gasteiger partial charge in [0, 0.05) is 79.6 Å². The Morgan fingerprint density at radius 1 is 0.544 bits per heavy atom. The zero-order valence-corrected chi connectivity index (χ0v) is 37.5. The molecule has 0 saturated heterocycles. The van der Waals surface area contributed by atoms with Gasteiger partial charge in [0.25, 0.3) is 0 Å². The van der Waals surface area contributed by atoms with E-state index in [4.69, 9.17) is 23.2 Å². The van der Waals surface area contributed by atoms with Crippen LogP contribution in [-0.4, -0.2) is 9.97 Å². The van der Waals surface area contributed by atoms with Crippen molar-refractivity contribution in [3.8, 4) is 11.3 Å². The smallest absolute Gasteiger partial charge is 0.142 e. The highest BCUT2D eigenvalue weighted by Gasteiger charge is 2.66. The Morgan fingerprint density at radius 2 is 1.22 bits per heavy atom. The molecule has 5 aromatic carbocycles. The molecule has 9 aromatic rings. The average Bonchev–Trinajstić information content (AvgIpc) is 3.64. The summed E-state index contributed by atoms with van der Waals surface area (Å²) in [5.41, 5.74) is 14.9. The largest absolute Gasteiger partial charge is 0.460 e. The monoisotopic (exact) mass is 878 g/mol. The summed E-state index contributed by atoms with van der Waals surface area (Å²) in [4.78, 5) is 11.3. The summed E-state index contributed by atoms with van der Waals surface area (Å²) in [6, 6.07) is 39.6. The molecule has 0 amide bonds. The molecule has 0 bridgehead atoms. The lowest BCUT2D eigenvalue weighted by Gasteiger charge is -2.36. The fraction of sp³-hybridized carbons (Fsp3) is 0.175. The normalized spacial score (nSPS) is 22.2. The Bertz CT molecular complexity index is 3870. The van der Waals surface area contributed by atoms with Crippen molar-refractivity contribution in [2.75, 3.05) is 0 Å². The van der Waals surface area contributed by atoms with Crippen LogP contribution in [-0.2, 0) is 12.8 Å². The second-order valence-corrected chi connectivity index (χ2v) is 19.6. The van der Waals surface area contributed by atoms with Gasteiger partial charge in [-0.25, -0.2) is 9.97 Å². The molecule has 5 heteroatoms. The lowest BCUT2D eigenvalue weighted by Crippen LogP contribution is -2.24. The van der Waals surface area contributed by atoms with E-state index in [2.05, 4.69) is 176 Å². The van der Waals surface area contributed by atoms with Crippen molar-refractivity contribution in [2.45, 2.75) is 56.8 Å². The summed E-state index contributed by atoms with van der Waals surface area (Å²) in [6.07, 6.45) is 31.4. The van der Waals surface area contributed by atoms with Gasteiger partial charge >= 0.3 is 0 Å². The predicted octanol–water partition coefficient (Wildman–Crippen LogP) is 16.3. The summed E-state index contributed by atoms with van der Waals surface area (Å²) >= 11 is 0. The molecule has 1 fully saturated rings. The molecule has 15 rings (SSSR count). The van der Waals surface area contributed by atoms with Crippen molar-refractivity contribution in [1.29, 1.82) is 0 Å². The van der Waals surface area contributed by atoms with Gasteiger partial charge in [0.15, 0.2) is 0 Å². The molecule has 0 aliphatic heterocycles. The highest BCUT2D eigenvalue weighted by molar-refractivity contribution is 6.13. The molecule has 68 heavy (non-hydrogen) atoms. The van der Waals surface area contributed by atoms with E-state index in [1.807, 2.05) is 0 Å². The van der Waals surface area contributed by atoms with Gasteiger partial charge in [-0.1, -0.05) is 158 Å². The standard InChI is InChI=1S/C63H46N2O3/c1-2-17-38(18-3-1)62-64-53(40-24-12-19-37-16-4-5-20-39(37)40)35-54(65-62)58-50(48-28-14-26-45-42-22-7-10-32-56(42)67-60(45)48)34-49(47-27-13-25-44-41-21-6-9-31-55(41)66-59(44)47)52-36-63(52,58)51-30-15-29-46-43-23-8-11-33-57(43)68-61(46)51/h1-8,11-17,19-29,33-35,38,51-52H,9-10,18,30-32,36H2. The van der Waals surface area contributed by atoms with Crippen LogP contribution in [0.25, 0.3) is 89.9 Å². The zero-order chi connectivity index (χ0) is 44.5. The molecular formula is C63H46N2O3. The summed E-state index contributed by atoms with van der Waals surface area (Å²) in [5.74, 6) is 4.22. The molecular weight excluding hydrogens is 833 g/mol. The quantitative estimate of drug-likeness (QED) is 0.166. The predicted molar refractivity (Wildman–Crippen MR) is 276 cm³/mol. The van der Waals surface area contributed by atoms with E-state index in [0.717, 1.165) is 129 Å². The number of benzene rings is 5. The van der Waals surface area contributed by atoms with Crippen molar-refractivity contribution in [3.63, 3.8) is 0 Å². The Labute approximate surface area is 393 Å². The van der Waals surface area contributed by atoms with Gasteiger partial charge in [-0.2, -0.15) is 0 Å². The van der Waals surface area contributed by atoms with Crippen LogP contribution in [0.2, 0.25) is 0 Å². The highest BCUT2D eigenvalue weighted by atomic mass is 16.3. The molecule has 0 spiro atoms. The molecule has 4 heterocycles. The van der Waals surface area contributed by atoms with E-state index in [0.29, 0.717) is 0 Å². The molecule has 4 unspecified atom stereocenters.